The monoisotopic (exact) mass is 256 g/mol. The van der Waals surface area contributed by atoms with Crippen molar-refractivity contribution >= 4 is 21.8 Å². The molecule has 1 rings (SSSR count). The van der Waals surface area contributed by atoms with Gasteiger partial charge in [-0.2, -0.15) is 0 Å². The van der Waals surface area contributed by atoms with E-state index in [1.807, 2.05) is 24.3 Å². The summed E-state index contributed by atoms with van der Waals surface area (Å²) in [5.41, 5.74) is 3.70. The van der Waals surface area contributed by atoms with Crippen molar-refractivity contribution in [1.82, 2.24) is 10.4 Å². The Morgan fingerprint density at radius 2 is 1.93 bits per heavy atom. The van der Waals surface area contributed by atoms with E-state index in [1.165, 1.54) is 0 Å². The Morgan fingerprint density at radius 1 is 1.36 bits per heavy atom. The predicted molar refractivity (Wildman–Crippen MR) is 59.7 cm³/mol. The molecule has 0 aliphatic heterocycles. The number of hydrazine groups is 1. The maximum absolute atomic E-state index is 11.3. The van der Waals surface area contributed by atoms with Gasteiger partial charge in [0.15, 0.2) is 0 Å². The fourth-order valence-corrected chi connectivity index (χ4v) is 1.34. The summed E-state index contributed by atoms with van der Waals surface area (Å²) >= 11 is 3.34. The molecule has 0 unspecified atom stereocenters. The molecule has 0 aliphatic carbocycles. The first-order valence-corrected chi connectivity index (χ1v) is 5.08. The minimum absolute atomic E-state index is 0.00248. The van der Waals surface area contributed by atoms with Crippen LogP contribution in [0.2, 0.25) is 0 Å². The third-order valence-corrected chi connectivity index (χ3v) is 2.15. The van der Waals surface area contributed by atoms with Gasteiger partial charge < -0.3 is 0 Å². The average Bonchev–Trinajstić information content (AvgIpc) is 2.07. The molecule has 0 aromatic heterocycles. The fraction of sp³-hybridized carbons (Fsp3) is 0.300. The first-order chi connectivity index (χ1) is 6.58. The zero-order valence-corrected chi connectivity index (χ0v) is 9.84. The fourth-order valence-electron chi connectivity index (χ4n) is 1.08. The van der Waals surface area contributed by atoms with Crippen LogP contribution in [-0.2, 0) is 11.2 Å². The lowest BCUT2D eigenvalue weighted by Gasteiger charge is -2.11. The van der Waals surface area contributed by atoms with E-state index in [0.717, 1.165) is 10.0 Å². The van der Waals surface area contributed by atoms with Crippen molar-refractivity contribution in [1.29, 1.82) is 0 Å². The van der Waals surface area contributed by atoms with Gasteiger partial charge in [-0.05, 0) is 17.7 Å². The summed E-state index contributed by atoms with van der Waals surface area (Å²) in [6, 6.07) is 7.72. The van der Waals surface area contributed by atoms with Crippen LogP contribution in [0.5, 0.6) is 0 Å². The number of nitrogens with one attached hydrogen (secondary N) is 1. The molecule has 76 valence electrons. The lowest BCUT2D eigenvalue weighted by Crippen LogP contribution is -2.37. The Hall–Kier alpha value is -0.870. The van der Waals surface area contributed by atoms with Gasteiger partial charge in [0, 0.05) is 18.6 Å². The van der Waals surface area contributed by atoms with Gasteiger partial charge in [0.1, 0.15) is 0 Å². The minimum atomic E-state index is -0.00248. The van der Waals surface area contributed by atoms with Crippen molar-refractivity contribution < 1.29 is 4.79 Å². The molecule has 14 heavy (non-hydrogen) atoms. The quantitative estimate of drug-likeness (QED) is 0.834. The van der Waals surface area contributed by atoms with Gasteiger partial charge in [0.2, 0.25) is 5.91 Å². The van der Waals surface area contributed by atoms with E-state index in [9.17, 15) is 4.79 Å². The molecule has 1 N–H and O–H groups in total. The molecule has 0 radical (unpaired) electrons. The Labute approximate surface area is 92.2 Å². The Kier molecular flexibility index (Phi) is 4.10. The number of halogens is 1. The molecule has 0 aliphatic rings. The number of rotatable bonds is 3. The van der Waals surface area contributed by atoms with Gasteiger partial charge in [-0.3, -0.25) is 10.2 Å². The van der Waals surface area contributed by atoms with Crippen molar-refractivity contribution in [3.8, 4) is 0 Å². The van der Waals surface area contributed by atoms with Crippen LogP contribution in [0.25, 0.3) is 0 Å². The van der Waals surface area contributed by atoms with E-state index in [-0.39, 0.29) is 5.91 Å². The van der Waals surface area contributed by atoms with E-state index < -0.39 is 0 Å². The SMILES string of the molecule is CN(C)NC(=O)Cc1ccc(Br)cc1. The number of hydrogen-bond acceptors (Lipinski definition) is 2. The van der Waals surface area contributed by atoms with Gasteiger partial charge in [-0.25, -0.2) is 5.01 Å². The minimum Gasteiger partial charge on any atom is -0.289 e. The average molecular weight is 257 g/mol. The molecule has 0 heterocycles. The zero-order valence-electron chi connectivity index (χ0n) is 8.25. The summed E-state index contributed by atoms with van der Waals surface area (Å²) < 4.78 is 1.02. The molecule has 3 nitrogen and oxygen atoms in total. The molecule has 1 aromatic carbocycles. The summed E-state index contributed by atoms with van der Waals surface area (Å²) in [5, 5.41) is 1.64. The highest BCUT2D eigenvalue weighted by Gasteiger charge is 2.03. The highest BCUT2D eigenvalue weighted by atomic mass is 79.9. The largest absolute Gasteiger partial charge is 0.289 e. The highest BCUT2D eigenvalue weighted by Crippen LogP contribution is 2.10. The maximum Gasteiger partial charge on any atom is 0.238 e. The number of carbonyl (C=O) groups excluding carboxylic acids is 1. The van der Waals surface area contributed by atoms with Crippen molar-refractivity contribution in [3.05, 3.63) is 34.3 Å². The van der Waals surface area contributed by atoms with Gasteiger partial charge >= 0.3 is 0 Å². The number of amides is 1. The summed E-state index contributed by atoms with van der Waals surface area (Å²) in [5.74, 6) is -0.00248. The van der Waals surface area contributed by atoms with Crippen molar-refractivity contribution in [3.63, 3.8) is 0 Å². The van der Waals surface area contributed by atoms with E-state index >= 15 is 0 Å². The summed E-state index contributed by atoms with van der Waals surface area (Å²) in [6.45, 7) is 0. The second kappa shape index (κ2) is 5.12. The molecule has 0 bridgehead atoms. The number of nitrogens with zero attached hydrogens (tertiary/aromatic N) is 1. The van der Waals surface area contributed by atoms with Crippen LogP contribution >= 0.6 is 15.9 Å². The molecule has 1 aromatic rings. The van der Waals surface area contributed by atoms with Crippen molar-refractivity contribution in [2.75, 3.05) is 14.1 Å². The van der Waals surface area contributed by atoms with Crippen LogP contribution in [0.3, 0.4) is 0 Å². The van der Waals surface area contributed by atoms with Crippen LogP contribution in [0, 0.1) is 0 Å². The van der Waals surface area contributed by atoms with Gasteiger partial charge in [-0.15, -0.1) is 0 Å². The van der Waals surface area contributed by atoms with Gasteiger partial charge in [0.05, 0.1) is 6.42 Å². The number of benzene rings is 1. The smallest absolute Gasteiger partial charge is 0.238 e. The normalized spacial score (nSPS) is 10.3. The predicted octanol–water partition coefficient (Wildman–Crippen LogP) is 1.58. The molecule has 0 atom stereocenters. The number of hydrogen-bond donors (Lipinski definition) is 1. The first kappa shape index (κ1) is 11.2. The molecular weight excluding hydrogens is 244 g/mol. The summed E-state index contributed by atoms with van der Waals surface area (Å²) in [4.78, 5) is 11.3. The maximum atomic E-state index is 11.3. The zero-order chi connectivity index (χ0) is 10.6. The molecule has 0 saturated carbocycles. The molecule has 0 fully saturated rings. The molecule has 1 amide bonds. The Balaban J connectivity index is 2.52. The van der Waals surface area contributed by atoms with Crippen LogP contribution in [0.4, 0.5) is 0 Å². The Bertz CT molecular complexity index is 308. The van der Waals surface area contributed by atoms with Crippen LogP contribution < -0.4 is 5.43 Å². The van der Waals surface area contributed by atoms with E-state index in [4.69, 9.17) is 0 Å². The lowest BCUT2D eigenvalue weighted by molar-refractivity contribution is -0.124. The summed E-state index contributed by atoms with van der Waals surface area (Å²) in [7, 11) is 3.58. The van der Waals surface area contributed by atoms with Crippen molar-refractivity contribution in [2.24, 2.45) is 0 Å². The second-order valence-electron chi connectivity index (χ2n) is 3.23. The molecule has 4 heteroatoms. The molecule has 0 saturated heterocycles. The Morgan fingerprint density at radius 3 is 2.43 bits per heavy atom. The van der Waals surface area contributed by atoms with Crippen molar-refractivity contribution in [2.45, 2.75) is 6.42 Å². The third-order valence-electron chi connectivity index (χ3n) is 1.63. The van der Waals surface area contributed by atoms with E-state index in [0.29, 0.717) is 6.42 Å². The summed E-state index contributed by atoms with van der Waals surface area (Å²) in [6.07, 6.45) is 0.408. The van der Waals surface area contributed by atoms with Crippen LogP contribution in [-0.4, -0.2) is 25.0 Å². The number of carbonyl (C=O) groups is 1. The highest BCUT2D eigenvalue weighted by molar-refractivity contribution is 9.10. The first-order valence-electron chi connectivity index (χ1n) is 4.29. The third kappa shape index (κ3) is 3.89. The molecule has 0 spiro atoms. The van der Waals surface area contributed by atoms with Crippen LogP contribution in [0.15, 0.2) is 28.7 Å². The van der Waals surface area contributed by atoms with Gasteiger partial charge in [0.25, 0.3) is 0 Å². The van der Waals surface area contributed by atoms with Gasteiger partial charge in [-0.1, -0.05) is 28.1 Å². The second-order valence-corrected chi connectivity index (χ2v) is 4.15. The van der Waals surface area contributed by atoms with E-state index in [2.05, 4.69) is 21.4 Å². The standard InChI is InChI=1S/C10H13BrN2O/c1-13(2)12-10(14)7-8-3-5-9(11)6-4-8/h3-6H,7H2,1-2H3,(H,12,14). The molecular formula is C10H13BrN2O. The van der Waals surface area contributed by atoms with Crippen LogP contribution in [0.1, 0.15) is 5.56 Å². The lowest BCUT2D eigenvalue weighted by atomic mass is 10.1. The van der Waals surface area contributed by atoms with E-state index in [1.54, 1.807) is 19.1 Å². The topological polar surface area (TPSA) is 32.3 Å².